The van der Waals surface area contributed by atoms with Crippen molar-refractivity contribution in [1.29, 1.82) is 0 Å². The van der Waals surface area contributed by atoms with Gasteiger partial charge >= 0.3 is 6.03 Å². The number of anilines is 1. The second-order valence-electron chi connectivity index (χ2n) is 5.81. The zero-order valence-electron chi connectivity index (χ0n) is 13.5. The number of aromatic nitrogens is 2. The molecule has 1 fully saturated rings. The lowest BCUT2D eigenvalue weighted by atomic mass is 10.2. The van der Waals surface area contributed by atoms with Gasteiger partial charge in [-0.15, -0.1) is 11.8 Å². The second kappa shape index (κ2) is 7.08. The maximum Gasteiger partial charge on any atom is 0.322 e. The molecule has 6 heteroatoms. The minimum Gasteiger partial charge on any atom is -0.335 e. The van der Waals surface area contributed by atoms with Gasteiger partial charge in [-0.3, -0.25) is 0 Å². The van der Waals surface area contributed by atoms with Crippen LogP contribution in [0.4, 0.5) is 10.5 Å². The first-order valence-corrected chi connectivity index (χ1v) is 9.08. The molecule has 3 rings (SSSR count). The Morgan fingerprint density at radius 2 is 2.35 bits per heavy atom. The summed E-state index contributed by atoms with van der Waals surface area (Å²) in [6.07, 6.45) is 9.67. The van der Waals surface area contributed by atoms with Crippen molar-refractivity contribution in [3.63, 3.8) is 0 Å². The van der Waals surface area contributed by atoms with E-state index in [1.165, 1.54) is 4.90 Å². The van der Waals surface area contributed by atoms with Gasteiger partial charge in [0.05, 0.1) is 12.4 Å². The summed E-state index contributed by atoms with van der Waals surface area (Å²) in [7, 11) is 0. The first-order chi connectivity index (χ1) is 11.2. The molecule has 0 aliphatic carbocycles. The lowest BCUT2D eigenvalue weighted by Gasteiger charge is -2.26. The van der Waals surface area contributed by atoms with Gasteiger partial charge in [0, 0.05) is 36.1 Å². The van der Waals surface area contributed by atoms with Crippen LogP contribution < -0.4 is 5.32 Å². The number of amides is 2. The van der Waals surface area contributed by atoms with E-state index in [1.807, 2.05) is 27.8 Å². The molecule has 1 aliphatic heterocycles. The van der Waals surface area contributed by atoms with Gasteiger partial charge in [-0.2, -0.15) is 0 Å². The zero-order chi connectivity index (χ0) is 16.2. The SMILES string of the molecule is CSc1cccc(NC(=O)N2CCC[C@@H]2Cn2ccnc2)c1C. The van der Waals surface area contributed by atoms with Gasteiger partial charge in [-0.25, -0.2) is 9.78 Å². The molecular weight excluding hydrogens is 308 g/mol. The zero-order valence-corrected chi connectivity index (χ0v) is 14.3. The Morgan fingerprint density at radius 3 is 3.09 bits per heavy atom. The molecule has 1 aliphatic rings. The average molecular weight is 330 g/mol. The number of urea groups is 1. The number of imidazole rings is 1. The van der Waals surface area contributed by atoms with Gasteiger partial charge in [-0.05, 0) is 43.7 Å². The number of carbonyl (C=O) groups is 1. The highest BCUT2D eigenvalue weighted by atomic mass is 32.2. The highest BCUT2D eigenvalue weighted by molar-refractivity contribution is 7.98. The van der Waals surface area contributed by atoms with Gasteiger partial charge in [-0.1, -0.05) is 6.07 Å². The third kappa shape index (κ3) is 3.52. The fourth-order valence-electron chi connectivity index (χ4n) is 3.09. The van der Waals surface area contributed by atoms with Crippen LogP contribution >= 0.6 is 11.8 Å². The lowest BCUT2D eigenvalue weighted by molar-refractivity contribution is 0.201. The highest BCUT2D eigenvalue weighted by Gasteiger charge is 2.29. The standard InChI is InChI=1S/C17H22N4OS/c1-13-15(6-3-7-16(13)23-2)19-17(22)21-9-4-5-14(21)11-20-10-8-18-12-20/h3,6-8,10,12,14H,4-5,9,11H2,1-2H3,(H,19,22)/t14-/m1/s1. The number of hydrogen-bond donors (Lipinski definition) is 1. The molecule has 0 spiro atoms. The summed E-state index contributed by atoms with van der Waals surface area (Å²) >= 11 is 1.70. The van der Waals surface area contributed by atoms with Crippen LogP contribution in [0.25, 0.3) is 0 Å². The first-order valence-electron chi connectivity index (χ1n) is 7.86. The summed E-state index contributed by atoms with van der Waals surface area (Å²) in [5.41, 5.74) is 2.02. The number of hydrogen-bond acceptors (Lipinski definition) is 3. The number of thioether (sulfide) groups is 1. The van der Waals surface area contributed by atoms with E-state index in [0.717, 1.165) is 37.2 Å². The summed E-state index contributed by atoms with van der Waals surface area (Å²) in [6, 6.07) is 6.25. The van der Waals surface area contributed by atoms with Crippen LogP contribution in [0, 0.1) is 6.92 Å². The normalized spacial score (nSPS) is 17.5. The Hall–Kier alpha value is -1.95. The molecule has 5 nitrogen and oxygen atoms in total. The smallest absolute Gasteiger partial charge is 0.322 e. The molecule has 1 atom stereocenters. The van der Waals surface area contributed by atoms with E-state index in [9.17, 15) is 4.79 Å². The topological polar surface area (TPSA) is 50.2 Å². The van der Waals surface area contributed by atoms with E-state index in [0.29, 0.717) is 0 Å². The maximum atomic E-state index is 12.7. The molecule has 2 heterocycles. The van der Waals surface area contributed by atoms with Crippen LogP contribution in [0.3, 0.4) is 0 Å². The van der Waals surface area contributed by atoms with E-state index in [4.69, 9.17) is 0 Å². The van der Waals surface area contributed by atoms with Crippen LogP contribution in [-0.2, 0) is 6.54 Å². The number of nitrogens with zero attached hydrogens (tertiary/aromatic N) is 3. The van der Waals surface area contributed by atoms with Crippen molar-refractivity contribution in [1.82, 2.24) is 14.5 Å². The van der Waals surface area contributed by atoms with Crippen LogP contribution in [0.5, 0.6) is 0 Å². The van der Waals surface area contributed by atoms with Crippen molar-refractivity contribution in [3.05, 3.63) is 42.5 Å². The second-order valence-corrected chi connectivity index (χ2v) is 6.66. The minimum absolute atomic E-state index is 0.00558. The van der Waals surface area contributed by atoms with E-state index < -0.39 is 0 Å². The van der Waals surface area contributed by atoms with Crippen LogP contribution in [0.15, 0.2) is 41.8 Å². The van der Waals surface area contributed by atoms with Crippen molar-refractivity contribution in [2.24, 2.45) is 0 Å². The number of rotatable bonds is 4. The van der Waals surface area contributed by atoms with Gasteiger partial charge in [0.25, 0.3) is 0 Å². The van der Waals surface area contributed by atoms with Crippen LogP contribution in [0.1, 0.15) is 18.4 Å². The van der Waals surface area contributed by atoms with E-state index >= 15 is 0 Å². The summed E-state index contributed by atoms with van der Waals surface area (Å²) in [6.45, 7) is 3.66. The van der Waals surface area contributed by atoms with Crippen molar-refractivity contribution in [2.75, 3.05) is 18.1 Å². The van der Waals surface area contributed by atoms with Crippen molar-refractivity contribution < 1.29 is 4.79 Å². The fraction of sp³-hybridized carbons (Fsp3) is 0.412. The predicted molar refractivity (Wildman–Crippen MR) is 93.9 cm³/mol. The third-order valence-electron chi connectivity index (χ3n) is 4.36. The molecule has 1 N–H and O–H groups in total. The van der Waals surface area contributed by atoms with Crippen molar-refractivity contribution in [3.8, 4) is 0 Å². The minimum atomic E-state index is -0.00558. The van der Waals surface area contributed by atoms with Gasteiger partial charge < -0.3 is 14.8 Å². The molecule has 0 saturated carbocycles. The highest BCUT2D eigenvalue weighted by Crippen LogP contribution is 2.27. The third-order valence-corrected chi connectivity index (χ3v) is 5.25. The predicted octanol–water partition coefficient (Wildman–Crippen LogP) is 3.61. The molecule has 1 aromatic heterocycles. The largest absolute Gasteiger partial charge is 0.335 e. The van der Waals surface area contributed by atoms with Crippen LogP contribution in [-0.4, -0.2) is 39.3 Å². The van der Waals surface area contributed by atoms with Gasteiger partial charge in [0.15, 0.2) is 0 Å². The molecular formula is C17H22N4OS. The summed E-state index contributed by atoms with van der Waals surface area (Å²) in [4.78, 5) is 19.9. The number of likely N-dealkylation sites (tertiary alicyclic amines) is 1. The molecule has 122 valence electrons. The van der Waals surface area contributed by atoms with Gasteiger partial charge in [0.2, 0.25) is 0 Å². The Morgan fingerprint density at radius 1 is 1.48 bits per heavy atom. The number of benzene rings is 1. The van der Waals surface area contributed by atoms with Crippen molar-refractivity contribution >= 4 is 23.5 Å². The molecule has 1 saturated heterocycles. The van der Waals surface area contributed by atoms with E-state index in [2.05, 4.69) is 29.5 Å². The quantitative estimate of drug-likeness (QED) is 0.871. The number of carbonyl (C=O) groups excluding carboxylic acids is 1. The Balaban J connectivity index is 1.70. The molecule has 0 bridgehead atoms. The van der Waals surface area contributed by atoms with Crippen LogP contribution in [0.2, 0.25) is 0 Å². The monoisotopic (exact) mass is 330 g/mol. The number of nitrogens with one attached hydrogen (secondary N) is 1. The van der Waals surface area contributed by atoms with E-state index in [1.54, 1.807) is 24.3 Å². The fourth-order valence-corrected chi connectivity index (χ4v) is 3.72. The van der Waals surface area contributed by atoms with Crippen molar-refractivity contribution in [2.45, 2.75) is 37.2 Å². The maximum absolute atomic E-state index is 12.7. The molecule has 2 aromatic rings. The van der Waals surface area contributed by atoms with Gasteiger partial charge in [0.1, 0.15) is 0 Å². The molecule has 1 aromatic carbocycles. The summed E-state index contributed by atoms with van der Waals surface area (Å²) < 4.78 is 2.04. The molecule has 0 radical (unpaired) electrons. The summed E-state index contributed by atoms with van der Waals surface area (Å²) in [5, 5.41) is 3.09. The summed E-state index contributed by atoms with van der Waals surface area (Å²) in [5.74, 6) is 0. The lowest BCUT2D eigenvalue weighted by Crippen LogP contribution is -2.40. The average Bonchev–Trinajstić information content (AvgIpc) is 3.21. The molecule has 2 amide bonds. The Bertz CT molecular complexity index is 671. The Kier molecular flexibility index (Phi) is 4.91. The Labute approximate surface area is 141 Å². The van der Waals surface area contributed by atoms with E-state index in [-0.39, 0.29) is 12.1 Å². The first kappa shape index (κ1) is 15.9. The molecule has 23 heavy (non-hydrogen) atoms. The molecule has 0 unspecified atom stereocenters.